The molecule has 0 saturated heterocycles. The Morgan fingerprint density at radius 1 is 1.43 bits per heavy atom. The molecule has 1 nitrogen and oxygen atoms in total. The smallest absolute Gasteiger partial charge is 0.0255 e. The molecule has 0 radical (unpaired) electrons. The molecule has 0 aromatic rings. The van der Waals surface area contributed by atoms with Crippen LogP contribution in [-0.2, 0) is 0 Å². The van der Waals surface area contributed by atoms with Gasteiger partial charge in [0.1, 0.15) is 0 Å². The number of hydrogen-bond donors (Lipinski definition) is 1. The van der Waals surface area contributed by atoms with Crippen LogP contribution in [0.25, 0.3) is 0 Å². The van der Waals surface area contributed by atoms with Crippen molar-refractivity contribution in [3.05, 3.63) is 11.6 Å². The zero-order valence-corrected chi connectivity index (χ0v) is 9.97. The van der Waals surface area contributed by atoms with E-state index in [0.29, 0.717) is 6.04 Å². The Hall–Kier alpha value is -0.300. The van der Waals surface area contributed by atoms with Crippen molar-refractivity contribution in [2.24, 2.45) is 5.92 Å². The molecule has 0 aromatic heterocycles. The minimum absolute atomic E-state index is 0.630. The summed E-state index contributed by atoms with van der Waals surface area (Å²) in [5.74, 6) is 1.000. The largest absolute Gasteiger partial charge is 0.311 e. The molecule has 1 fully saturated rings. The van der Waals surface area contributed by atoms with E-state index in [2.05, 4.69) is 32.2 Å². The second-order valence-electron chi connectivity index (χ2n) is 4.84. The first-order valence-electron chi connectivity index (χ1n) is 6.10. The number of nitrogens with one attached hydrogen (secondary N) is 1. The van der Waals surface area contributed by atoms with E-state index in [0.717, 1.165) is 12.5 Å². The van der Waals surface area contributed by atoms with Gasteiger partial charge in [-0.05, 0) is 39.2 Å². The first-order valence-corrected chi connectivity index (χ1v) is 6.10. The van der Waals surface area contributed by atoms with Gasteiger partial charge in [0, 0.05) is 6.04 Å². The average Bonchev–Trinajstić information content (AvgIpc) is 2.05. The van der Waals surface area contributed by atoms with E-state index in [1.165, 1.54) is 37.7 Å². The van der Waals surface area contributed by atoms with Crippen molar-refractivity contribution in [2.45, 2.75) is 58.9 Å². The van der Waals surface area contributed by atoms with Crippen LogP contribution in [0.1, 0.15) is 52.9 Å². The topological polar surface area (TPSA) is 12.0 Å². The highest BCUT2D eigenvalue weighted by molar-refractivity contribution is 5.02. The third-order valence-corrected chi connectivity index (χ3v) is 3.00. The van der Waals surface area contributed by atoms with Gasteiger partial charge in [-0.1, -0.05) is 37.8 Å². The van der Waals surface area contributed by atoms with Gasteiger partial charge in [0.25, 0.3) is 0 Å². The van der Waals surface area contributed by atoms with E-state index in [4.69, 9.17) is 0 Å². The fraction of sp³-hybridized carbons (Fsp3) is 0.846. The van der Waals surface area contributed by atoms with Gasteiger partial charge in [0.2, 0.25) is 0 Å². The van der Waals surface area contributed by atoms with Gasteiger partial charge >= 0.3 is 0 Å². The summed E-state index contributed by atoms with van der Waals surface area (Å²) in [7, 11) is 0. The van der Waals surface area contributed by atoms with E-state index >= 15 is 0 Å². The van der Waals surface area contributed by atoms with Gasteiger partial charge in [-0.25, -0.2) is 0 Å². The predicted molar refractivity (Wildman–Crippen MR) is 63.5 cm³/mol. The summed E-state index contributed by atoms with van der Waals surface area (Å²) < 4.78 is 0. The summed E-state index contributed by atoms with van der Waals surface area (Å²) in [5.41, 5.74) is 1.44. The Balaban J connectivity index is 2.30. The molecule has 1 aliphatic rings. The highest BCUT2D eigenvalue weighted by atomic mass is 14.9. The summed E-state index contributed by atoms with van der Waals surface area (Å²) in [6.07, 6.45) is 9.36. The molecule has 1 heteroatoms. The summed E-state index contributed by atoms with van der Waals surface area (Å²) in [6.45, 7) is 7.78. The highest BCUT2D eigenvalue weighted by Crippen LogP contribution is 2.30. The molecule has 0 amide bonds. The van der Waals surface area contributed by atoms with Crippen LogP contribution in [0.4, 0.5) is 0 Å². The van der Waals surface area contributed by atoms with E-state index in [1.807, 2.05) is 0 Å². The third-order valence-electron chi connectivity index (χ3n) is 3.00. The molecule has 1 unspecified atom stereocenters. The van der Waals surface area contributed by atoms with Crippen molar-refractivity contribution >= 4 is 0 Å². The maximum absolute atomic E-state index is 3.62. The quantitative estimate of drug-likeness (QED) is 0.640. The van der Waals surface area contributed by atoms with Crippen LogP contribution in [0.3, 0.4) is 0 Å². The van der Waals surface area contributed by atoms with Crippen LogP contribution in [0.5, 0.6) is 0 Å². The number of hydrogen-bond acceptors (Lipinski definition) is 1. The first kappa shape index (κ1) is 11.8. The Kier molecular flexibility index (Phi) is 5.24. The van der Waals surface area contributed by atoms with Gasteiger partial charge in [0.15, 0.2) is 0 Å². The number of rotatable bonds is 6. The fourth-order valence-corrected chi connectivity index (χ4v) is 2.03. The van der Waals surface area contributed by atoms with Gasteiger partial charge in [-0.3, -0.25) is 0 Å². The van der Waals surface area contributed by atoms with Crippen molar-refractivity contribution in [3.63, 3.8) is 0 Å². The molecule has 0 heterocycles. The molecule has 14 heavy (non-hydrogen) atoms. The molecule has 0 bridgehead atoms. The molecule has 0 aromatic carbocycles. The zero-order chi connectivity index (χ0) is 10.4. The SMILES string of the molecule is CCCNC(C=C(C)C)CC1CCC1. The van der Waals surface area contributed by atoms with Crippen LogP contribution in [-0.4, -0.2) is 12.6 Å². The maximum Gasteiger partial charge on any atom is 0.0255 e. The summed E-state index contributed by atoms with van der Waals surface area (Å²) in [6, 6.07) is 0.630. The molecular weight excluding hydrogens is 170 g/mol. The molecule has 82 valence electrons. The van der Waals surface area contributed by atoms with Crippen LogP contribution < -0.4 is 5.32 Å². The van der Waals surface area contributed by atoms with E-state index < -0.39 is 0 Å². The lowest BCUT2D eigenvalue weighted by molar-refractivity contribution is 0.274. The van der Waals surface area contributed by atoms with E-state index in [1.54, 1.807) is 0 Å². The van der Waals surface area contributed by atoms with Gasteiger partial charge < -0.3 is 5.32 Å². The molecule has 0 spiro atoms. The van der Waals surface area contributed by atoms with Gasteiger partial charge in [-0.2, -0.15) is 0 Å². The average molecular weight is 195 g/mol. The first-order chi connectivity index (χ1) is 6.72. The Labute approximate surface area is 89.0 Å². The summed E-state index contributed by atoms with van der Waals surface area (Å²) in [5, 5.41) is 3.62. The summed E-state index contributed by atoms with van der Waals surface area (Å²) >= 11 is 0. The Bertz CT molecular complexity index is 176. The second kappa shape index (κ2) is 6.23. The van der Waals surface area contributed by atoms with Crippen LogP contribution >= 0.6 is 0 Å². The fourth-order valence-electron chi connectivity index (χ4n) is 2.03. The molecule has 1 atom stereocenters. The molecule has 1 aliphatic carbocycles. The lowest BCUT2D eigenvalue weighted by Crippen LogP contribution is -2.32. The highest BCUT2D eigenvalue weighted by Gasteiger charge is 2.20. The summed E-state index contributed by atoms with van der Waals surface area (Å²) in [4.78, 5) is 0. The molecule has 0 aliphatic heterocycles. The van der Waals surface area contributed by atoms with Crippen molar-refractivity contribution < 1.29 is 0 Å². The van der Waals surface area contributed by atoms with Crippen molar-refractivity contribution in [3.8, 4) is 0 Å². The maximum atomic E-state index is 3.62. The molecular formula is C13H25N. The normalized spacial score (nSPS) is 18.8. The molecule has 1 N–H and O–H groups in total. The lowest BCUT2D eigenvalue weighted by atomic mass is 9.80. The Morgan fingerprint density at radius 2 is 2.14 bits per heavy atom. The molecule has 1 saturated carbocycles. The van der Waals surface area contributed by atoms with Crippen molar-refractivity contribution in [2.75, 3.05) is 6.54 Å². The number of allylic oxidation sites excluding steroid dienone is 1. The van der Waals surface area contributed by atoms with E-state index in [9.17, 15) is 0 Å². The third kappa shape index (κ3) is 4.28. The van der Waals surface area contributed by atoms with Gasteiger partial charge in [-0.15, -0.1) is 0 Å². The standard InChI is InChI=1S/C13H25N/c1-4-8-14-13(9-11(2)3)10-12-6-5-7-12/h9,12-14H,4-8,10H2,1-3H3. The lowest BCUT2D eigenvalue weighted by Gasteiger charge is -2.29. The van der Waals surface area contributed by atoms with Crippen LogP contribution in [0.2, 0.25) is 0 Å². The minimum Gasteiger partial charge on any atom is -0.311 e. The minimum atomic E-state index is 0.630. The molecule has 1 rings (SSSR count). The van der Waals surface area contributed by atoms with Crippen molar-refractivity contribution in [1.29, 1.82) is 0 Å². The Morgan fingerprint density at radius 3 is 2.57 bits per heavy atom. The monoisotopic (exact) mass is 195 g/mol. The van der Waals surface area contributed by atoms with Crippen LogP contribution in [0, 0.1) is 5.92 Å². The second-order valence-corrected chi connectivity index (χ2v) is 4.84. The van der Waals surface area contributed by atoms with Crippen LogP contribution in [0.15, 0.2) is 11.6 Å². The predicted octanol–water partition coefficient (Wildman–Crippen LogP) is 3.51. The van der Waals surface area contributed by atoms with Crippen molar-refractivity contribution in [1.82, 2.24) is 5.32 Å². The van der Waals surface area contributed by atoms with Gasteiger partial charge in [0.05, 0.1) is 0 Å². The van der Waals surface area contributed by atoms with E-state index in [-0.39, 0.29) is 0 Å². The zero-order valence-electron chi connectivity index (χ0n) is 9.97.